The van der Waals surface area contributed by atoms with Gasteiger partial charge in [-0.25, -0.2) is 0 Å². The molecule has 1 aliphatic rings. The summed E-state index contributed by atoms with van der Waals surface area (Å²) >= 11 is 16.3. The lowest BCUT2D eigenvalue weighted by Crippen LogP contribution is -2.26. The monoisotopic (exact) mass is 229 g/mol. The largest absolute Gasteiger partial charge is 0.475 e. The molecule has 1 N–H and O–H groups in total. The second-order valence-electron chi connectivity index (χ2n) is 2.99. The first kappa shape index (κ1) is 10.4. The van der Waals surface area contributed by atoms with Crippen molar-refractivity contribution in [2.75, 3.05) is 0 Å². The number of hydrogen-bond donors (Lipinski definition) is 1. The summed E-state index contributed by atoms with van der Waals surface area (Å²) in [4.78, 5) is 0. The van der Waals surface area contributed by atoms with Crippen molar-refractivity contribution >= 4 is 40.7 Å². The summed E-state index contributed by atoms with van der Waals surface area (Å²) < 4.78 is 3.41. The summed E-state index contributed by atoms with van der Waals surface area (Å²) in [6.45, 7) is 1.89. The first-order valence-electron chi connectivity index (χ1n) is 3.73. The minimum absolute atomic E-state index is 0.00637. The fourth-order valence-corrected chi connectivity index (χ4v) is 1.05. The van der Waals surface area contributed by atoms with Gasteiger partial charge in [0, 0.05) is 0 Å². The predicted octanol–water partition coefficient (Wildman–Crippen LogP) is 3.15. The maximum atomic E-state index is 7.27. The highest BCUT2D eigenvalue weighted by atomic mass is 35.6. The van der Waals surface area contributed by atoms with Crippen LogP contribution in [0, 0.1) is 11.3 Å². The van der Waals surface area contributed by atoms with Crippen molar-refractivity contribution in [2.24, 2.45) is 5.92 Å². The molecule has 0 unspecified atom stereocenters. The van der Waals surface area contributed by atoms with Gasteiger partial charge in [-0.2, -0.15) is 0 Å². The van der Waals surface area contributed by atoms with Gasteiger partial charge in [-0.1, -0.05) is 34.8 Å². The number of rotatable bonds is 2. The molecule has 0 amide bonds. The Labute approximate surface area is 86.6 Å². The van der Waals surface area contributed by atoms with Gasteiger partial charge in [-0.05, 0) is 25.7 Å². The standard InChI is InChI=1S/C7H10Cl3NO/c1-4(5-2-3-5)12-6(11)7(8,9)10/h4-5,11H,2-3H2,1H3/t4-/m1/s1. The van der Waals surface area contributed by atoms with Crippen molar-refractivity contribution in [3.63, 3.8) is 0 Å². The summed E-state index contributed by atoms with van der Waals surface area (Å²) in [5.74, 6) is 0.254. The lowest BCUT2D eigenvalue weighted by atomic mass is 10.3. The van der Waals surface area contributed by atoms with Crippen LogP contribution in [0.4, 0.5) is 0 Å². The number of nitrogens with one attached hydrogen (secondary N) is 1. The van der Waals surface area contributed by atoms with E-state index in [2.05, 4.69) is 0 Å². The molecule has 0 aromatic heterocycles. The molecule has 0 bridgehead atoms. The van der Waals surface area contributed by atoms with Crippen molar-refractivity contribution in [2.45, 2.75) is 29.7 Å². The van der Waals surface area contributed by atoms with Gasteiger partial charge in [-0.15, -0.1) is 0 Å². The van der Waals surface area contributed by atoms with Crippen molar-refractivity contribution in [1.82, 2.24) is 0 Å². The Morgan fingerprint density at radius 2 is 2.00 bits per heavy atom. The van der Waals surface area contributed by atoms with E-state index >= 15 is 0 Å². The van der Waals surface area contributed by atoms with Crippen LogP contribution in [0.25, 0.3) is 0 Å². The average Bonchev–Trinajstić information content (AvgIpc) is 2.65. The molecule has 1 rings (SSSR count). The molecule has 1 atom stereocenters. The molecular weight excluding hydrogens is 220 g/mol. The van der Waals surface area contributed by atoms with Crippen LogP contribution >= 0.6 is 34.8 Å². The van der Waals surface area contributed by atoms with Gasteiger partial charge in [0.15, 0.2) is 0 Å². The van der Waals surface area contributed by atoms with Gasteiger partial charge in [0.05, 0.1) is 0 Å². The molecule has 5 heteroatoms. The lowest BCUT2D eigenvalue weighted by Gasteiger charge is -2.18. The molecule has 70 valence electrons. The van der Waals surface area contributed by atoms with E-state index in [4.69, 9.17) is 44.9 Å². The molecule has 0 aromatic carbocycles. The van der Waals surface area contributed by atoms with E-state index in [9.17, 15) is 0 Å². The van der Waals surface area contributed by atoms with Gasteiger partial charge in [0.1, 0.15) is 6.10 Å². The Bertz CT molecular complexity index is 186. The van der Waals surface area contributed by atoms with Gasteiger partial charge >= 0.3 is 0 Å². The first-order chi connectivity index (χ1) is 5.41. The zero-order valence-corrected chi connectivity index (χ0v) is 8.88. The maximum absolute atomic E-state index is 7.27. The molecule has 2 nitrogen and oxygen atoms in total. The van der Waals surface area contributed by atoms with Gasteiger partial charge in [-0.3, -0.25) is 5.41 Å². The van der Waals surface area contributed by atoms with E-state index in [1.165, 1.54) is 0 Å². The Morgan fingerprint density at radius 3 is 2.33 bits per heavy atom. The molecular formula is C7H10Cl3NO. The number of ether oxygens (including phenoxy) is 1. The van der Waals surface area contributed by atoms with Gasteiger partial charge in [0.2, 0.25) is 5.90 Å². The quantitative estimate of drug-likeness (QED) is 0.441. The molecule has 0 heterocycles. The Morgan fingerprint density at radius 1 is 1.50 bits per heavy atom. The van der Waals surface area contributed by atoms with E-state index in [1.54, 1.807) is 0 Å². The smallest absolute Gasteiger partial charge is 0.265 e. The fraction of sp³-hybridized carbons (Fsp3) is 0.857. The van der Waals surface area contributed by atoms with E-state index in [1.807, 2.05) is 6.92 Å². The minimum Gasteiger partial charge on any atom is -0.475 e. The van der Waals surface area contributed by atoms with Crippen LogP contribution in [0.3, 0.4) is 0 Å². The predicted molar refractivity (Wildman–Crippen MR) is 51.3 cm³/mol. The summed E-state index contributed by atoms with van der Waals surface area (Å²) in [5, 5.41) is 7.27. The van der Waals surface area contributed by atoms with Crippen molar-refractivity contribution in [3.8, 4) is 0 Å². The summed E-state index contributed by atoms with van der Waals surface area (Å²) in [7, 11) is 0. The van der Waals surface area contributed by atoms with E-state index in [0.29, 0.717) is 5.92 Å². The minimum atomic E-state index is -1.72. The Balaban J connectivity index is 2.34. The van der Waals surface area contributed by atoms with Gasteiger partial charge in [0.25, 0.3) is 3.79 Å². The molecule has 0 aliphatic heterocycles. The zero-order chi connectivity index (χ0) is 9.35. The van der Waals surface area contributed by atoms with Crippen LogP contribution in [0.15, 0.2) is 0 Å². The third-order valence-electron chi connectivity index (χ3n) is 1.85. The third-order valence-corrected chi connectivity index (χ3v) is 2.36. The van der Waals surface area contributed by atoms with Crippen LogP contribution < -0.4 is 0 Å². The molecule has 1 fully saturated rings. The molecule has 12 heavy (non-hydrogen) atoms. The van der Waals surface area contributed by atoms with Crippen molar-refractivity contribution in [1.29, 1.82) is 5.41 Å². The lowest BCUT2D eigenvalue weighted by molar-refractivity contribution is 0.179. The summed E-state index contributed by atoms with van der Waals surface area (Å²) in [6.07, 6.45) is 2.29. The number of alkyl halides is 3. The molecule has 0 aromatic rings. The highest BCUT2D eigenvalue weighted by molar-refractivity contribution is 6.76. The van der Waals surface area contributed by atoms with E-state index in [0.717, 1.165) is 12.8 Å². The van der Waals surface area contributed by atoms with Crippen LogP contribution in [0.5, 0.6) is 0 Å². The second kappa shape index (κ2) is 3.60. The van der Waals surface area contributed by atoms with Crippen molar-refractivity contribution < 1.29 is 4.74 Å². The topological polar surface area (TPSA) is 33.1 Å². The summed E-state index contributed by atoms with van der Waals surface area (Å²) in [5.41, 5.74) is 0. The highest BCUT2D eigenvalue weighted by Crippen LogP contribution is 2.36. The first-order valence-corrected chi connectivity index (χ1v) is 4.87. The maximum Gasteiger partial charge on any atom is 0.265 e. The van der Waals surface area contributed by atoms with E-state index in [-0.39, 0.29) is 12.0 Å². The molecule has 0 radical (unpaired) electrons. The third kappa shape index (κ3) is 3.00. The normalized spacial score (nSPS) is 20.3. The average molecular weight is 231 g/mol. The molecule has 0 saturated heterocycles. The van der Waals surface area contributed by atoms with Crippen LogP contribution in [0.1, 0.15) is 19.8 Å². The van der Waals surface area contributed by atoms with Crippen LogP contribution in [-0.4, -0.2) is 15.8 Å². The molecule has 0 spiro atoms. The van der Waals surface area contributed by atoms with Crippen LogP contribution in [-0.2, 0) is 4.74 Å². The SMILES string of the molecule is C[C@@H](OC(=N)C(Cl)(Cl)Cl)C1CC1. The zero-order valence-electron chi connectivity index (χ0n) is 6.61. The summed E-state index contributed by atoms with van der Waals surface area (Å²) in [6, 6.07) is 0. The second-order valence-corrected chi connectivity index (χ2v) is 5.27. The van der Waals surface area contributed by atoms with Gasteiger partial charge < -0.3 is 4.74 Å². The number of halogens is 3. The Hall–Kier alpha value is 0.340. The molecule has 1 aliphatic carbocycles. The highest BCUT2D eigenvalue weighted by Gasteiger charge is 2.35. The van der Waals surface area contributed by atoms with Crippen LogP contribution in [0.2, 0.25) is 0 Å². The van der Waals surface area contributed by atoms with Crippen molar-refractivity contribution in [3.05, 3.63) is 0 Å². The number of hydrogen-bond acceptors (Lipinski definition) is 2. The Kier molecular flexibility index (Phi) is 3.13. The van der Waals surface area contributed by atoms with E-state index < -0.39 is 3.79 Å². The molecule has 1 saturated carbocycles. The fourth-order valence-electron chi connectivity index (χ4n) is 0.915.